The van der Waals surface area contributed by atoms with Crippen LogP contribution in [-0.4, -0.2) is 23.8 Å². The van der Waals surface area contributed by atoms with Crippen LogP contribution in [0, 0.1) is 23.2 Å². The molecular weight excluding hydrogens is 252 g/mol. The van der Waals surface area contributed by atoms with Gasteiger partial charge in [-0.3, -0.25) is 4.79 Å². The van der Waals surface area contributed by atoms with Gasteiger partial charge in [0.05, 0.1) is 19.1 Å². The Hall–Kier alpha value is -0.830. The molecule has 5 atom stereocenters. The van der Waals surface area contributed by atoms with E-state index in [1.54, 1.807) is 6.92 Å². The molecule has 1 unspecified atom stereocenters. The SMILES string of the molecule is CCOC(=O)CC(O)[C@]1(C)[C@H](C)C=C[C@@H]2CCCC[C@H]21. The van der Waals surface area contributed by atoms with E-state index in [-0.39, 0.29) is 17.8 Å². The Morgan fingerprint density at radius 2 is 2.10 bits per heavy atom. The van der Waals surface area contributed by atoms with Gasteiger partial charge in [0.15, 0.2) is 0 Å². The van der Waals surface area contributed by atoms with Crippen molar-refractivity contribution >= 4 is 5.97 Å². The summed E-state index contributed by atoms with van der Waals surface area (Å²) in [5, 5.41) is 10.7. The molecule has 0 aromatic rings. The van der Waals surface area contributed by atoms with Gasteiger partial charge in [0.25, 0.3) is 0 Å². The number of carbonyl (C=O) groups is 1. The summed E-state index contributed by atoms with van der Waals surface area (Å²) in [6.45, 7) is 6.50. The molecule has 3 heteroatoms. The molecule has 0 heterocycles. The number of esters is 1. The molecule has 0 aliphatic heterocycles. The molecule has 3 nitrogen and oxygen atoms in total. The second-order valence-corrected chi connectivity index (χ2v) is 6.62. The Kier molecular flexibility index (Phi) is 4.90. The summed E-state index contributed by atoms with van der Waals surface area (Å²) in [6, 6.07) is 0. The molecule has 1 saturated carbocycles. The number of allylic oxidation sites excluding steroid dienone is 2. The monoisotopic (exact) mass is 280 g/mol. The van der Waals surface area contributed by atoms with E-state index >= 15 is 0 Å². The number of hydrogen-bond donors (Lipinski definition) is 1. The fourth-order valence-corrected chi connectivity index (χ4v) is 4.16. The highest BCUT2D eigenvalue weighted by Gasteiger charge is 2.49. The van der Waals surface area contributed by atoms with Crippen molar-refractivity contribution < 1.29 is 14.6 Å². The lowest BCUT2D eigenvalue weighted by atomic mass is 9.54. The molecule has 2 aliphatic rings. The number of hydrogen-bond acceptors (Lipinski definition) is 3. The second-order valence-electron chi connectivity index (χ2n) is 6.62. The third-order valence-electron chi connectivity index (χ3n) is 5.63. The van der Waals surface area contributed by atoms with Gasteiger partial charge in [0, 0.05) is 5.41 Å². The summed E-state index contributed by atoms with van der Waals surface area (Å²) < 4.78 is 5.00. The number of carbonyl (C=O) groups excluding carboxylic acids is 1. The molecule has 0 saturated heterocycles. The summed E-state index contributed by atoms with van der Waals surface area (Å²) in [5.41, 5.74) is -0.216. The zero-order chi connectivity index (χ0) is 14.8. The van der Waals surface area contributed by atoms with Crippen molar-refractivity contribution in [2.24, 2.45) is 23.2 Å². The maximum absolute atomic E-state index is 11.7. The van der Waals surface area contributed by atoms with Crippen molar-refractivity contribution in [3.8, 4) is 0 Å². The van der Waals surface area contributed by atoms with Crippen LogP contribution < -0.4 is 0 Å². The van der Waals surface area contributed by atoms with E-state index in [0.29, 0.717) is 24.4 Å². The first-order valence-corrected chi connectivity index (χ1v) is 8.02. The molecule has 2 aliphatic carbocycles. The van der Waals surface area contributed by atoms with Crippen molar-refractivity contribution in [2.45, 2.75) is 59.0 Å². The molecule has 0 spiro atoms. The molecule has 0 aromatic heterocycles. The van der Waals surface area contributed by atoms with Crippen molar-refractivity contribution in [3.05, 3.63) is 12.2 Å². The Bertz CT molecular complexity index is 376. The Balaban J connectivity index is 2.16. The third-order valence-corrected chi connectivity index (χ3v) is 5.63. The van der Waals surface area contributed by atoms with Crippen LogP contribution in [0.3, 0.4) is 0 Å². The van der Waals surface area contributed by atoms with Gasteiger partial charge in [-0.15, -0.1) is 0 Å². The van der Waals surface area contributed by atoms with E-state index in [1.807, 2.05) is 0 Å². The van der Waals surface area contributed by atoms with Crippen molar-refractivity contribution in [1.29, 1.82) is 0 Å². The van der Waals surface area contributed by atoms with Gasteiger partial charge in [0.2, 0.25) is 0 Å². The largest absolute Gasteiger partial charge is 0.466 e. The lowest BCUT2D eigenvalue weighted by Gasteiger charge is -2.51. The van der Waals surface area contributed by atoms with Crippen LogP contribution >= 0.6 is 0 Å². The molecule has 0 radical (unpaired) electrons. The number of fused-ring (bicyclic) bond motifs is 1. The number of aliphatic hydroxyl groups is 1. The Morgan fingerprint density at radius 1 is 1.40 bits per heavy atom. The third kappa shape index (κ3) is 2.78. The normalized spacial score (nSPS) is 38.1. The maximum atomic E-state index is 11.7. The number of rotatable bonds is 4. The van der Waals surface area contributed by atoms with E-state index in [0.717, 1.165) is 6.42 Å². The smallest absolute Gasteiger partial charge is 0.308 e. The van der Waals surface area contributed by atoms with E-state index < -0.39 is 6.10 Å². The molecule has 0 aromatic carbocycles. The van der Waals surface area contributed by atoms with Crippen LogP contribution in [0.1, 0.15) is 52.9 Å². The highest BCUT2D eigenvalue weighted by molar-refractivity contribution is 5.70. The molecule has 0 amide bonds. The first-order chi connectivity index (χ1) is 9.50. The quantitative estimate of drug-likeness (QED) is 0.635. The van der Waals surface area contributed by atoms with Gasteiger partial charge in [-0.1, -0.05) is 38.8 Å². The van der Waals surface area contributed by atoms with Crippen LogP contribution in [0.15, 0.2) is 12.2 Å². The van der Waals surface area contributed by atoms with Crippen LogP contribution in [0.2, 0.25) is 0 Å². The van der Waals surface area contributed by atoms with Gasteiger partial charge in [-0.05, 0) is 37.5 Å². The fourth-order valence-electron chi connectivity index (χ4n) is 4.16. The number of ether oxygens (including phenoxy) is 1. The average Bonchev–Trinajstić information content (AvgIpc) is 2.43. The fraction of sp³-hybridized carbons (Fsp3) is 0.824. The zero-order valence-electron chi connectivity index (χ0n) is 13.0. The molecule has 114 valence electrons. The number of aliphatic hydroxyl groups excluding tert-OH is 1. The molecule has 2 rings (SSSR count). The van der Waals surface area contributed by atoms with Gasteiger partial charge in [-0.2, -0.15) is 0 Å². The van der Waals surface area contributed by atoms with Crippen LogP contribution in [0.4, 0.5) is 0 Å². The summed E-state index contributed by atoms with van der Waals surface area (Å²) in [7, 11) is 0. The first kappa shape index (κ1) is 15.6. The van der Waals surface area contributed by atoms with Crippen LogP contribution in [0.25, 0.3) is 0 Å². The lowest BCUT2D eigenvalue weighted by Crippen LogP contribution is -2.50. The van der Waals surface area contributed by atoms with Crippen LogP contribution in [-0.2, 0) is 9.53 Å². The van der Waals surface area contributed by atoms with Gasteiger partial charge in [0.1, 0.15) is 0 Å². The predicted octanol–water partition coefficient (Wildman–Crippen LogP) is 3.32. The minimum atomic E-state index is -0.618. The zero-order valence-corrected chi connectivity index (χ0v) is 13.0. The highest BCUT2D eigenvalue weighted by Crippen LogP contribution is 2.52. The average molecular weight is 280 g/mol. The molecule has 20 heavy (non-hydrogen) atoms. The predicted molar refractivity (Wildman–Crippen MR) is 79.1 cm³/mol. The summed E-state index contributed by atoms with van der Waals surface area (Å²) >= 11 is 0. The van der Waals surface area contributed by atoms with Gasteiger partial charge >= 0.3 is 5.97 Å². The van der Waals surface area contributed by atoms with Gasteiger partial charge in [-0.25, -0.2) is 0 Å². The Labute approximate surface area is 122 Å². The Morgan fingerprint density at radius 3 is 2.80 bits per heavy atom. The van der Waals surface area contributed by atoms with Crippen molar-refractivity contribution in [1.82, 2.24) is 0 Å². The van der Waals surface area contributed by atoms with E-state index in [4.69, 9.17) is 4.74 Å². The molecule has 1 fully saturated rings. The highest BCUT2D eigenvalue weighted by atomic mass is 16.5. The minimum absolute atomic E-state index is 0.117. The topological polar surface area (TPSA) is 46.5 Å². The van der Waals surface area contributed by atoms with Crippen LogP contribution in [0.5, 0.6) is 0 Å². The maximum Gasteiger partial charge on any atom is 0.308 e. The van der Waals surface area contributed by atoms with E-state index in [2.05, 4.69) is 26.0 Å². The summed E-state index contributed by atoms with van der Waals surface area (Å²) in [4.78, 5) is 11.7. The van der Waals surface area contributed by atoms with Gasteiger partial charge < -0.3 is 9.84 Å². The summed E-state index contributed by atoms with van der Waals surface area (Å²) in [6.07, 6.45) is 8.98. The summed E-state index contributed by atoms with van der Waals surface area (Å²) in [5.74, 6) is 1.07. The molecule has 0 bridgehead atoms. The molecule has 1 N–H and O–H groups in total. The first-order valence-electron chi connectivity index (χ1n) is 8.02. The lowest BCUT2D eigenvalue weighted by molar-refractivity contribution is -0.150. The van der Waals surface area contributed by atoms with E-state index in [1.165, 1.54) is 19.3 Å². The minimum Gasteiger partial charge on any atom is -0.466 e. The van der Waals surface area contributed by atoms with Crippen molar-refractivity contribution in [3.63, 3.8) is 0 Å². The molecular formula is C17H28O3. The standard InChI is InChI=1S/C17H28O3/c1-4-20-16(19)11-15(18)17(3)12(2)9-10-13-7-5-6-8-14(13)17/h9-10,12-15,18H,4-8,11H2,1-3H3/t12-,13+,14-,15?,17-/m1/s1. The van der Waals surface area contributed by atoms with E-state index in [9.17, 15) is 9.90 Å². The second kappa shape index (κ2) is 6.30. The van der Waals surface area contributed by atoms with Crippen molar-refractivity contribution in [2.75, 3.05) is 6.61 Å².